The maximum atomic E-state index is 10.0. The molecular formula is C19H18N2O. The van der Waals surface area contributed by atoms with Crippen molar-refractivity contribution >= 4 is 5.69 Å². The molecule has 110 valence electrons. The van der Waals surface area contributed by atoms with E-state index in [0.29, 0.717) is 0 Å². The van der Waals surface area contributed by atoms with Gasteiger partial charge in [-0.25, -0.2) is 0 Å². The lowest BCUT2D eigenvalue weighted by Gasteiger charge is -2.11. The molecule has 22 heavy (non-hydrogen) atoms. The fourth-order valence-corrected chi connectivity index (χ4v) is 2.38. The number of phenolic OH excluding ortho intramolecular Hbond substituents is 1. The van der Waals surface area contributed by atoms with Gasteiger partial charge < -0.3 is 10.4 Å². The monoisotopic (exact) mass is 290 g/mol. The van der Waals surface area contributed by atoms with Crippen LogP contribution in [0, 0.1) is 0 Å². The lowest BCUT2D eigenvalue weighted by molar-refractivity contribution is 0.477. The molecule has 3 nitrogen and oxygen atoms in total. The molecule has 0 radical (unpaired) electrons. The molecule has 0 spiro atoms. The Morgan fingerprint density at radius 1 is 0.909 bits per heavy atom. The highest BCUT2D eigenvalue weighted by molar-refractivity contribution is 5.71. The van der Waals surface area contributed by atoms with Crippen molar-refractivity contribution in [2.24, 2.45) is 0 Å². The number of nitrogens with zero attached hydrogens (tertiary/aromatic N) is 1. The normalized spacial score (nSPS) is 10.4. The fraction of sp³-hybridized carbons (Fsp3) is 0.105. The van der Waals surface area contributed by atoms with Gasteiger partial charge in [0.05, 0.1) is 5.69 Å². The van der Waals surface area contributed by atoms with Crippen molar-refractivity contribution in [3.63, 3.8) is 0 Å². The van der Waals surface area contributed by atoms with Gasteiger partial charge in [0.25, 0.3) is 0 Å². The summed E-state index contributed by atoms with van der Waals surface area (Å²) in [4.78, 5) is 4.10. The maximum absolute atomic E-state index is 10.0. The molecule has 0 aliphatic carbocycles. The number of hydrogen-bond donors (Lipinski definition) is 2. The molecule has 1 aromatic heterocycles. The summed E-state index contributed by atoms with van der Waals surface area (Å²) in [6, 6.07) is 19.8. The molecule has 0 unspecified atom stereocenters. The highest BCUT2D eigenvalue weighted by Gasteiger charge is 2.04. The number of phenols is 1. The molecule has 2 N–H and O–H groups in total. The van der Waals surface area contributed by atoms with Crippen molar-refractivity contribution in [1.29, 1.82) is 0 Å². The van der Waals surface area contributed by atoms with E-state index in [1.165, 1.54) is 5.56 Å². The topological polar surface area (TPSA) is 45.1 Å². The number of anilines is 1. The molecule has 0 atom stereocenters. The molecular weight excluding hydrogens is 272 g/mol. The smallest absolute Gasteiger partial charge is 0.138 e. The van der Waals surface area contributed by atoms with Crippen LogP contribution in [-0.2, 0) is 6.42 Å². The van der Waals surface area contributed by atoms with E-state index in [1.807, 2.05) is 42.6 Å². The number of pyridine rings is 1. The van der Waals surface area contributed by atoms with Gasteiger partial charge in [-0.2, -0.15) is 0 Å². The van der Waals surface area contributed by atoms with Gasteiger partial charge in [-0.3, -0.25) is 4.98 Å². The van der Waals surface area contributed by atoms with E-state index in [9.17, 15) is 5.11 Å². The van der Waals surface area contributed by atoms with Crippen LogP contribution >= 0.6 is 0 Å². The minimum Gasteiger partial charge on any atom is -0.506 e. The lowest BCUT2D eigenvalue weighted by Crippen LogP contribution is -2.05. The number of aromatic hydroxyl groups is 1. The Hall–Kier alpha value is -2.81. The SMILES string of the molecule is Oc1ccc(-c2ccccc2)cc1NCCc1cccnc1. The highest BCUT2D eigenvalue weighted by Crippen LogP contribution is 2.29. The molecule has 0 aliphatic rings. The van der Waals surface area contributed by atoms with Gasteiger partial charge in [-0.15, -0.1) is 0 Å². The van der Waals surface area contributed by atoms with Gasteiger partial charge in [0.1, 0.15) is 5.75 Å². The maximum Gasteiger partial charge on any atom is 0.138 e. The number of hydrogen-bond acceptors (Lipinski definition) is 3. The van der Waals surface area contributed by atoms with Crippen LogP contribution in [0.25, 0.3) is 11.1 Å². The van der Waals surface area contributed by atoms with Crippen LogP contribution in [0.1, 0.15) is 5.56 Å². The predicted molar refractivity (Wildman–Crippen MR) is 90.0 cm³/mol. The quantitative estimate of drug-likeness (QED) is 0.695. The van der Waals surface area contributed by atoms with Gasteiger partial charge >= 0.3 is 0 Å². The molecule has 0 saturated heterocycles. The van der Waals surface area contributed by atoms with Crippen LogP contribution in [-0.4, -0.2) is 16.6 Å². The standard InChI is InChI=1S/C19H18N2O/c22-19-9-8-17(16-6-2-1-3-7-16)13-18(19)21-12-10-15-5-4-11-20-14-15/h1-9,11,13-14,21-22H,10,12H2. The number of rotatable bonds is 5. The highest BCUT2D eigenvalue weighted by atomic mass is 16.3. The van der Waals surface area contributed by atoms with Crippen molar-refractivity contribution in [3.05, 3.63) is 78.6 Å². The van der Waals surface area contributed by atoms with E-state index >= 15 is 0 Å². The summed E-state index contributed by atoms with van der Waals surface area (Å²) in [7, 11) is 0. The summed E-state index contributed by atoms with van der Waals surface area (Å²) in [6.07, 6.45) is 4.50. The van der Waals surface area contributed by atoms with E-state index in [-0.39, 0.29) is 5.75 Å². The average Bonchev–Trinajstić information content (AvgIpc) is 2.58. The molecule has 3 aromatic rings. The Balaban J connectivity index is 1.71. The van der Waals surface area contributed by atoms with Crippen molar-refractivity contribution in [1.82, 2.24) is 4.98 Å². The van der Waals surface area contributed by atoms with Crippen molar-refractivity contribution in [2.45, 2.75) is 6.42 Å². The van der Waals surface area contributed by atoms with Crippen LogP contribution < -0.4 is 5.32 Å². The van der Waals surface area contributed by atoms with E-state index in [0.717, 1.165) is 29.8 Å². The van der Waals surface area contributed by atoms with Gasteiger partial charge in [-0.1, -0.05) is 42.5 Å². The van der Waals surface area contributed by atoms with Crippen LogP contribution in [0.15, 0.2) is 73.1 Å². The lowest BCUT2D eigenvalue weighted by atomic mass is 10.0. The summed E-state index contributed by atoms with van der Waals surface area (Å²) in [5.74, 6) is 0.269. The van der Waals surface area contributed by atoms with E-state index in [4.69, 9.17) is 0 Å². The van der Waals surface area contributed by atoms with Crippen molar-refractivity contribution in [3.8, 4) is 16.9 Å². The van der Waals surface area contributed by atoms with Gasteiger partial charge in [-0.05, 0) is 41.3 Å². The molecule has 1 heterocycles. The van der Waals surface area contributed by atoms with Crippen LogP contribution in [0.3, 0.4) is 0 Å². The predicted octanol–water partition coefficient (Wildman–Crippen LogP) is 4.11. The second kappa shape index (κ2) is 6.76. The minimum atomic E-state index is 0.269. The summed E-state index contributed by atoms with van der Waals surface area (Å²) < 4.78 is 0. The Kier molecular flexibility index (Phi) is 4.35. The summed E-state index contributed by atoms with van der Waals surface area (Å²) >= 11 is 0. The second-order valence-corrected chi connectivity index (χ2v) is 5.14. The first-order valence-corrected chi connectivity index (χ1v) is 7.34. The largest absolute Gasteiger partial charge is 0.506 e. The molecule has 2 aromatic carbocycles. The third-order valence-electron chi connectivity index (χ3n) is 3.56. The third kappa shape index (κ3) is 3.44. The molecule has 0 fully saturated rings. The zero-order chi connectivity index (χ0) is 15.2. The Morgan fingerprint density at radius 2 is 1.77 bits per heavy atom. The Morgan fingerprint density at radius 3 is 2.55 bits per heavy atom. The fourth-order valence-electron chi connectivity index (χ4n) is 2.38. The summed E-state index contributed by atoms with van der Waals surface area (Å²) in [6.45, 7) is 0.748. The number of aromatic nitrogens is 1. The first-order chi connectivity index (χ1) is 10.8. The van der Waals surface area contributed by atoms with Crippen molar-refractivity contribution in [2.75, 3.05) is 11.9 Å². The van der Waals surface area contributed by atoms with E-state index < -0.39 is 0 Å². The number of benzene rings is 2. The van der Waals surface area contributed by atoms with E-state index in [1.54, 1.807) is 12.3 Å². The zero-order valence-corrected chi connectivity index (χ0v) is 12.2. The first kappa shape index (κ1) is 14.1. The van der Waals surface area contributed by atoms with Crippen LogP contribution in [0.5, 0.6) is 5.75 Å². The Labute approximate surface area is 130 Å². The molecule has 3 heteroatoms. The average molecular weight is 290 g/mol. The Bertz CT molecular complexity index is 727. The molecule has 0 bridgehead atoms. The van der Waals surface area contributed by atoms with Gasteiger partial charge in [0.15, 0.2) is 0 Å². The minimum absolute atomic E-state index is 0.269. The summed E-state index contributed by atoms with van der Waals surface area (Å²) in [5.41, 5.74) is 4.15. The van der Waals surface area contributed by atoms with Crippen LogP contribution in [0.4, 0.5) is 5.69 Å². The van der Waals surface area contributed by atoms with Gasteiger partial charge in [0.2, 0.25) is 0 Å². The van der Waals surface area contributed by atoms with Crippen molar-refractivity contribution < 1.29 is 5.11 Å². The molecule has 0 amide bonds. The molecule has 3 rings (SSSR count). The number of nitrogens with one attached hydrogen (secondary N) is 1. The van der Waals surface area contributed by atoms with Gasteiger partial charge in [0, 0.05) is 18.9 Å². The third-order valence-corrected chi connectivity index (χ3v) is 3.56. The van der Waals surface area contributed by atoms with Crippen LogP contribution in [0.2, 0.25) is 0 Å². The zero-order valence-electron chi connectivity index (χ0n) is 12.2. The second-order valence-electron chi connectivity index (χ2n) is 5.14. The molecule has 0 aliphatic heterocycles. The summed E-state index contributed by atoms with van der Waals surface area (Å²) in [5, 5.41) is 13.3. The first-order valence-electron chi connectivity index (χ1n) is 7.34. The van der Waals surface area contributed by atoms with E-state index in [2.05, 4.69) is 28.5 Å². The molecule has 0 saturated carbocycles.